The van der Waals surface area contributed by atoms with Gasteiger partial charge >= 0.3 is 0 Å². The lowest BCUT2D eigenvalue weighted by atomic mass is 10.4. The van der Waals surface area contributed by atoms with E-state index in [0.29, 0.717) is 0 Å². The fraction of sp³-hybridized carbons (Fsp3) is 0.667. The summed E-state index contributed by atoms with van der Waals surface area (Å²) in [6.07, 6.45) is 1.30. The number of aliphatic hydroxyl groups excluding tert-OH is 1. The van der Waals surface area contributed by atoms with Gasteiger partial charge in [-0.15, -0.1) is 6.58 Å². The number of rotatable bonds is 5. The maximum atomic E-state index is 10.9. The van der Waals surface area contributed by atoms with Gasteiger partial charge in [-0.25, -0.2) is 13.1 Å². The Morgan fingerprint density at radius 2 is 2.27 bits per heavy atom. The molecule has 0 aliphatic carbocycles. The van der Waals surface area contributed by atoms with Crippen molar-refractivity contribution in [3.8, 4) is 0 Å². The van der Waals surface area contributed by atoms with Gasteiger partial charge in [0.15, 0.2) is 0 Å². The van der Waals surface area contributed by atoms with Gasteiger partial charge in [0.2, 0.25) is 10.0 Å². The van der Waals surface area contributed by atoms with Gasteiger partial charge < -0.3 is 5.11 Å². The SMILES string of the molecule is C=CCS(=O)(=O)N[C@H](C)CO. The molecule has 5 heteroatoms. The molecule has 0 bridgehead atoms. The molecule has 0 aromatic heterocycles. The van der Waals surface area contributed by atoms with Gasteiger partial charge in [-0.2, -0.15) is 0 Å². The van der Waals surface area contributed by atoms with Crippen LogP contribution in [0, 0.1) is 0 Å². The van der Waals surface area contributed by atoms with E-state index in [1.165, 1.54) is 6.08 Å². The van der Waals surface area contributed by atoms with Gasteiger partial charge in [-0.05, 0) is 6.92 Å². The molecule has 0 fully saturated rings. The van der Waals surface area contributed by atoms with E-state index in [9.17, 15) is 8.42 Å². The fourth-order valence-electron chi connectivity index (χ4n) is 0.547. The summed E-state index contributed by atoms with van der Waals surface area (Å²) in [7, 11) is -3.27. The zero-order valence-electron chi connectivity index (χ0n) is 6.45. The highest BCUT2D eigenvalue weighted by Crippen LogP contribution is 1.88. The summed E-state index contributed by atoms with van der Waals surface area (Å²) in [5.41, 5.74) is 0. The van der Waals surface area contributed by atoms with Crippen LogP contribution in [-0.4, -0.2) is 31.9 Å². The van der Waals surface area contributed by atoms with Gasteiger partial charge in [0.05, 0.1) is 12.4 Å². The Hall–Kier alpha value is -0.390. The lowest BCUT2D eigenvalue weighted by Gasteiger charge is -2.09. The van der Waals surface area contributed by atoms with Gasteiger partial charge in [0.25, 0.3) is 0 Å². The van der Waals surface area contributed by atoms with E-state index in [4.69, 9.17) is 5.11 Å². The van der Waals surface area contributed by atoms with E-state index >= 15 is 0 Å². The summed E-state index contributed by atoms with van der Waals surface area (Å²) in [6.45, 7) is 4.68. The molecule has 2 N–H and O–H groups in total. The van der Waals surface area contributed by atoms with Crippen LogP contribution in [0.2, 0.25) is 0 Å². The third kappa shape index (κ3) is 4.94. The Morgan fingerprint density at radius 1 is 1.73 bits per heavy atom. The van der Waals surface area contributed by atoms with E-state index < -0.39 is 16.1 Å². The number of nitrogens with one attached hydrogen (secondary N) is 1. The largest absolute Gasteiger partial charge is 0.395 e. The average Bonchev–Trinajstić information content (AvgIpc) is 1.86. The number of aliphatic hydroxyl groups is 1. The van der Waals surface area contributed by atoms with Gasteiger partial charge in [0, 0.05) is 6.04 Å². The number of hydrogen-bond donors (Lipinski definition) is 2. The van der Waals surface area contributed by atoms with Crippen LogP contribution >= 0.6 is 0 Å². The standard InChI is InChI=1S/C6H13NO3S/c1-3-4-11(9,10)7-6(2)5-8/h3,6-8H,1,4-5H2,2H3/t6-/m1/s1. The van der Waals surface area contributed by atoms with Crippen LogP contribution in [0.1, 0.15) is 6.92 Å². The molecule has 0 unspecified atom stereocenters. The van der Waals surface area contributed by atoms with E-state index in [-0.39, 0.29) is 12.4 Å². The highest BCUT2D eigenvalue weighted by Gasteiger charge is 2.10. The predicted octanol–water partition coefficient (Wildman–Crippen LogP) is -0.527. The number of hydrogen-bond acceptors (Lipinski definition) is 3. The average molecular weight is 179 g/mol. The zero-order valence-corrected chi connectivity index (χ0v) is 7.26. The van der Waals surface area contributed by atoms with Crippen LogP contribution in [0.4, 0.5) is 0 Å². The molecule has 0 amide bonds. The van der Waals surface area contributed by atoms with Gasteiger partial charge in [-0.3, -0.25) is 0 Å². The minimum absolute atomic E-state index is 0.114. The summed E-state index contributed by atoms with van der Waals surface area (Å²) in [5, 5.41) is 8.51. The first kappa shape index (κ1) is 10.6. The predicted molar refractivity (Wildman–Crippen MR) is 43.7 cm³/mol. The highest BCUT2D eigenvalue weighted by molar-refractivity contribution is 7.89. The first-order valence-corrected chi connectivity index (χ1v) is 4.89. The molecule has 1 atom stereocenters. The van der Waals surface area contributed by atoms with Gasteiger partial charge in [0.1, 0.15) is 0 Å². The van der Waals surface area contributed by atoms with Crippen molar-refractivity contribution in [1.29, 1.82) is 0 Å². The van der Waals surface area contributed by atoms with E-state index in [1.807, 2.05) is 0 Å². The summed E-state index contributed by atoms with van der Waals surface area (Å²) in [4.78, 5) is 0. The van der Waals surface area contributed by atoms with Crippen LogP contribution in [0.3, 0.4) is 0 Å². The zero-order chi connectivity index (χ0) is 8.91. The quantitative estimate of drug-likeness (QED) is 0.558. The molecule has 0 aromatic rings. The second-order valence-electron chi connectivity index (χ2n) is 2.27. The summed E-state index contributed by atoms with van der Waals surface area (Å²) < 4.78 is 24.1. The molecule has 11 heavy (non-hydrogen) atoms. The number of sulfonamides is 1. The maximum Gasteiger partial charge on any atom is 0.215 e. The third-order valence-electron chi connectivity index (χ3n) is 0.992. The first-order valence-electron chi connectivity index (χ1n) is 3.23. The molecular formula is C6H13NO3S. The first-order chi connectivity index (χ1) is 5.02. The fourth-order valence-corrected chi connectivity index (χ4v) is 1.64. The molecule has 0 spiro atoms. The molecule has 0 saturated heterocycles. The molecule has 0 heterocycles. The van der Waals surface area contributed by atoms with Crippen LogP contribution in [0.15, 0.2) is 12.7 Å². The topological polar surface area (TPSA) is 66.4 Å². The molecule has 0 aliphatic heterocycles. The molecule has 66 valence electrons. The Balaban J connectivity index is 4.02. The monoisotopic (exact) mass is 179 g/mol. The van der Waals surface area contributed by atoms with E-state index in [1.54, 1.807) is 6.92 Å². The van der Waals surface area contributed by atoms with Crippen molar-refractivity contribution >= 4 is 10.0 Å². The molecule has 4 nitrogen and oxygen atoms in total. The molecular weight excluding hydrogens is 166 g/mol. The van der Waals surface area contributed by atoms with Crippen molar-refractivity contribution in [2.45, 2.75) is 13.0 Å². The van der Waals surface area contributed by atoms with Crippen LogP contribution < -0.4 is 4.72 Å². The normalized spacial score (nSPS) is 14.4. The van der Waals surface area contributed by atoms with Crippen LogP contribution in [-0.2, 0) is 10.0 Å². The molecule has 0 radical (unpaired) electrons. The van der Waals surface area contributed by atoms with Crippen molar-refractivity contribution in [1.82, 2.24) is 4.72 Å². The maximum absolute atomic E-state index is 10.9. The van der Waals surface area contributed by atoms with Crippen molar-refractivity contribution in [2.24, 2.45) is 0 Å². The molecule has 0 aromatic carbocycles. The Morgan fingerprint density at radius 3 is 2.64 bits per heavy atom. The van der Waals surface area contributed by atoms with Crippen LogP contribution in [0.25, 0.3) is 0 Å². The Bertz CT molecular complexity index is 210. The second kappa shape index (κ2) is 4.48. The third-order valence-corrected chi connectivity index (χ3v) is 2.43. The minimum atomic E-state index is -3.27. The minimum Gasteiger partial charge on any atom is -0.395 e. The van der Waals surface area contributed by atoms with Gasteiger partial charge in [-0.1, -0.05) is 6.08 Å². The van der Waals surface area contributed by atoms with Crippen molar-refractivity contribution in [3.05, 3.63) is 12.7 Å². The lowest BCUT2D eigenvalue weighted by molar-refractivity contribution is 0.265. The highest BCUT2D eigenvalue weighted by atomic mass is 32.2. The van der Waals surface area contributed by atoms with E-state index in [2.05, 4.69) is 11.3 Å². The molecule has 0 aliphatic rings. The Labute approximate surface area is 67.0 Å². The van der Waals surface area contributed by atoms with Crippen molar-refractivity contribution in [2.75, 3.05) is 12.4 Å². The van der Waals surface area contributed by atoms with E-state index in [0.717, 1.165) is 0 Å². The summed E-state index contributed by atoms with van der Waals surface area (Å²) in [5.74, 6) is -0.114. The molecule has 0 rings (SSSR count). The van der Waals surface area contributed by atoms with Crippen LogP contribution in [0.5, 0.6) is 0 Å². The summed E-state index contributed by atoms with van der Waals surface area (Å²) in [6, 6.07) is -0.431. The van der Waals surface area contributed by atoms with Crippen molar-refractivity contribution < 1.29 is 13.5 Å². The smallest absolute Gasteiger partial charge is 0.215 e. The molecule has 0 saturated carbocycles. The Kier molecular flexibility index (Phi) is 4.32. The summed E-state index contributed by atoms with van der Waals surface area (Å²) >= 11 is 0. The second-order valence-corrected chi connectivity index (χ2v) is 4.07. The lowest BCUT2D eigenvalue weighted by Crippen LogP contribution is -2.36. The van der Waals surface area contributed by atoms with Crippen molar-refractivity contribution in [3.63, 3.8) is 0 Å².